The molecule has 0 aliphatic carbocycles. The van der Waals surface area contributed by atoms with Gasteiger partial charge in [-0.15, -0.1) is 0 Å². The Hall–Kier alpha value is -3.39. The summed E-state index contributed by atoms with van der Waals surface area (Å²) in [7, 11) is 0. The number of anilines is 1. The summed E-state index contributed by atoms with van der Waals surface area (Å²) in [4.78, 5) is 41.0. The van der Waals surface area contributed by atoms with Crippen molar-refractivity contribution in [2.75, 3.05) is 51.0 Å². The SMILES string of the molecule is Cc1ccc(OCC(=O)c2ccc3c(c2)N(CC(=O)N2CCOCC2)C(=O)CO3)cc1C. The summed E-state index contributed by atoms with van der Waals surface area (Å²) in [6.45, 7) is 5.57. The molecule has 2 aliphatic rings. The fourth-order valence-corrected chi connectivity index (χ4v) is 3.63. The van der Waals surface area contributed by atoms with E-state index >= 15 is 0 Å². The van der Waals surface area contributed by atoms with E-state index in [1.165, 1.54) is 4.90 Å². The van der Waals surface area contributed by atoms with Crippen LogP contribution in [0.5, 0.6) is 11.5 Å². The predicted octanol–water partition coefficient (Wildman–Crippen LogP) is 2.15. The lowest BCUT2D eigenvalue weighted by atomic mass is 10.1. The molecule has 2 aromatic rings. The standard InChI is InChI=1S/C24H26N2O6/c1-16-3-5-19(11-17(16)2)31-14-21(27)18-4-6-22-20(12-18)26(24(29)15-32-22)13-23(28)25-7-9-30-10-8-25/h3-6,11-12H,7-10,13-15H2,1-2H3. The van der Waals surface area contributed by atoms with Gasteiger partial charge in [-0.05, 0) is 55.3 Å². The maximum atomic E-state index is 12.8. The van der Waals surface area contributed by atoms with Crippen molar-refractivity contribution in [1.29, 1.82) is 0 Å². The van der Waals surface area contributed by atoms with E-state index in [1.54, 1.807) is 23.1 Å². The summed E-state index contributed by atoms with van der Waals surface area (Å²) < 4.78 is 16.4. The first kappa shape index (κ1) is 21.8. The Balaban J connectivity index is 1.48. The predicted molar refractivity (Wildman–Crippen MR) is 117 cm³/mol. The number of morpholine rings is 1. The van der Waals surface area contributed by atoms with Crippen molar-refractivity contribution in [2.45, 2.75) is 13.8 Å². The Morgan fingerprint density at radius 3 is 2.56 bits per heavy atom. The van der Waals surface area contributed by atoms with E-state index in [4.69, 9.17) is 14.2 Å². The number of amides is 2. The van der Waals surface area contributed by atoms with Crippen LogP contribution in [0.25, 0.3) is 0 Å². The fourth-order valence-electron chi connectivity index (χ4n) is 3.63. The van der Waals surface area contributed by atoms with Crippen molar-refractivity contribution in [3.05, 3.63) is 53.1 Å². The molecule has 4 rings (SSSR count). The summed E-state index contributed by atoms with van der Waals surface area (Å²) in [5.41, 5.74) is 3.03. The van der Waals surface area contributed by atoms with Gasteiger partial charge < -0.3 is 19.1 Å². The number of hydrogen-bond donors (Lipinski definition) is 0. The number of ether oxygens (including phenoxy) is 3. The molecule has 168 valence electrons. The van der Waals surface area contributed by atoms with Gasteiger partial charge in [0.2, 0.25) is 5.91 Å². The van der Waals surface area contributed by atoms with Crippen molar-refractivity contribution in [3.8, 4) is 11.5 Å². The molecule has 8 nitrogen and oxygen atoms in total. The molecular formula is C24H26N2O6. The molecule has 2 aromatic carbocycles. The summed E-state index contributed by atoms with van der Waals surface area (Å²) in [6, 6.07) is 10.5. The van der Waals surface area contributed by atoms with Crippen molar-refractivity contribution < 1.29 is 28.6 Å². The van der Waals surface area contributed by atoms with Gasteiger partial charge in [0.15, 0.2) is 19.0 Å². The average molecular weight is 438 g/mol. The van der Waals surface area contributed by atoms with Crippen LogP contribution in [0, 0.1) is 13.8 Å². The van der Waals surface area contributed by atoms with E-state index < -0.39 is 0 Å². The van der Waals surface area contributed by atoms with Crippen LogP contribution in [0.2, 0.25) is 0 Å². The van der Waals surface area contributed by atoms with Gasteiger partial charge in [-0.25, -0.2) is 0 Å². The summed E-state index contributed by atoms with van der Waals surface area (Å²) >= 11 is 0. The van der Waals surface area contributed by atoms with Crippen LogP contribution in [-0.4, -0.2) is 68.6 Å². The van der Waals surface area contributed by atoms with Gasteiger partial charge in [0.05, 0.1) is 18.9 Å². The Kier molecular flexibility index (Phi) is 6.41. The largest absolute Gasteiger partial charge is 0.485 e. The normalized spacial score (nSPS) is 15.8. The molecule has 0 unspecified atom stereocenters. The van der Waals surface area contributed by atoms with E-state index in [0.717, 1.165) is 11.1 Å². The van der Waals surface area contributed by atoms with Gasteiger partial charge in [0.25, 0.3) is 5.91 Å². The van der Waals surface area contributed by atoms with Crippen LogP contribution in [0.3, 0.4) is 0 Å². The number of ketones is 1. The van der Waals surface area contributed by atoms with Gasteiger partial charge in [-0.2, -0.15) is 0 Å². The van der Waals surface area contributed by atoms with Crippen molar-refractivity contribution in [3.63, 3.8) is 0 Å². The van der Waals surface area contributed by atoms with Gasteiger partial charge in [0.1, 0.15) is 18.0 Å². The minimum Gasteiger partial charge on any atom is -0.485 e. The molecule has 0 aromatic heterocycles. The number of benzene rings is 2. The van der Waals surface area contributed by atoms with Crippen molar-refractivity contribution in [2.24, 2.45) is 0 Å². The van der Waals surface area contributed by atoms with Crippen LogP contribution in [0.4, 0.5) is 5.69 Å². The van der Waals surface area contributed by atoms with E-state index in [1.807, 2.05) is 32.0 Å². The zero-order chi connectivity index (χ0) is 22.7. The lowest BCUT2D eigenvalue weighted by molar-refractivity contribution is -0.135. The Morgan fingerprint density at radius 1 is 1.03 bits per heavy atom. The molecule has 2 aliphatic heterocycles. The van der Waals surface area contributed by atoms with Gasteiger partial charge >= 0.3 is 0 Å². The van der Waals surface area contributed by atoms with Crippen molar-refractivity contribution >= 4 is 23.3 Å². The van der Waals surface area contributed by atoms with E-state index in [2.05, 4.69) is 0 Å². The second-order valence-electron chi connectivity index (χ2n) is 7.90. The lowest BCUT2D eigenvalue weighted by Crippen LogP contribution is -2.49. The van der Waals surface area contributed by atoms with E-state index in [0.29, 0.717) is 49.1 Å². The second-order valence-corrected chi connectivity index (χ2v) is 7.90. The maximum Gasteiger partial charge on any atom is 0.265 e. The summed E-state index contributed by atoms with van der Waals surface area (Å²) in [5, 5.41) is 0. The highest BCUT2D eigenvalue weighted by molar-refractivity contribution is 6.04. The van der Waals surface area contributed by atoms with Crippen LogP contribution >= 0.6 is 0 Å². The van der Waals surface area contributed by atoms with Gasteiger partial charge in [-0.3, -0.25) is 19.3 Å². The molecule has 0 radical (unpaired) electrons. The first-order chi connectivity index (χ1) is 15.4. The number of nitrogens with zero attached hydrogens (tertiary/aromatic N) is 2. The average Bonchev–Trinajstić information content (AvgIpc) is 2.81. The van der Waals surface area contributed by atoms with Crippen LogP contribution < -0.4 is 14.4 Å². The molecule has 0 spiro atoms. The smallest absolute Gasteiger partial charge is 0.265 e. The topological polar surface area (TPSA) is 85.4 Å². The van der Waals surface area contributed by atoms with E-state index in [-0.39, 0.29) is 37.4 Å². The second kappa shape index (κ2) is 9.40. The summed E-state index contributed by atoms with van der Waals surface area (Å²) in [6.07, 6.45) is 0. The number of carbonyl (C=O) groups excluding carboxylic acids is 3. The number of fused-ring (bicyclic) bond motifs is 1. The maximum absolute atomic E-state index is 12.8. The molecule has 2 amide bonds. The molecule has 1 fully saturated rings. The molecule has 2 heterocycles. The van der Waals surface area contributed by atoms with Crippen LogP contribution in [0.15, 0.2) is 36.4 Å². The number of hydrogen-bond acceptors (Lipinski definition) is 6. The molecule has 0 saturated carbocycles. The summed E-state index contributed by atoms with van der Waals surface area (Å²) in [5.74, 6) is 0.365. The highest BCUT2D eigenvalue weighted by Crippen LogP contribution is 2.33. The van der Waals surface area contributed by atoms with Gasteiger partial charge in [0, 0.05) is 18.7 Å². The van der Waals surface area contributed by atoms with Crippen molar-refractivity contribution in [1.82, 2.24) is 4.90 Å². The fraction of sp³-hybridized carbons (Fsp3) is 0.375. The molecular weight excluding hydrogens is 412 g/mol. The van der Waals surface area contributed by atoms with Crippen LogP contribution in [0.1, 0.15) is 21.5 Å². The number of rotatable bonds is 6. The lowest BCUT2D eigenvalue weighted by Gasteiger charge is -2.32. The Labute approximate surface area is 186 Å². The molecule has 0 atom stereocenters. The number of Topliss-reactive ketones (excluding diaryl/α,β-unsaturated/α-hetero) is 1. The quantitative estimate of drug-likeness (QED) is 0.643. The molecule has 1 saturated heterocycles. The number of aryl methyl sites for hydroxylation is 2. The van der Waals surface area contributed by atoms with E-state index in [9.17, 15) is 14.4 Å². The molecule has 0 bridgehead atoms. The van der Waals surface area contributed by atoms with Gasteiger partial charge in [-0.1, -0.05) is 6.07 Å². The number of carbonyl (C=O) groups is 3. The zero-order valence-electron chi connectivity index (χ0n) is 18.3. The first-order valence-electron chi connectivity index (χ1n) is 10.6. The minimum absolute atomic E-state index is 0.105. The molecule has 8 heteroatoms. The highest BCUT2D eigenvalue weighted by Gasteiger charge is 2.30. The Bertz CT molecular complexity index is 1040. The highest BCUT2D eigenvalue weighted by atomic mass is 16.5. The van der Waals surface area contributed by atoms with Crippen LogP contribution in [-0.2, 0) is 14.3 Å². The third kappa shape index (κ3) is 4.75. The minimum atomic E-state index is -0.324. The first-order valence-corrected chi connectivity index (χ1v) is 10.6. The third-order valence-corrected chi connectivity index (χ3v) is 5.73. The molecule has 0 N–H and O–H groups in total. The molecule has 32 heavy (non-hydrogen) atoms. The Morgan fingerprint density at radius 2 is 1.81 bits per heavy atom. The third-order valence-electron chi connectivity index (χ3n) is 5.73. The zero-order valence-corrected chi connectivity index (χ0v) is 18.3. The monoisotopic (exact) mass is 438 g/mol.